The average Bonchev–Trinajstić information content (AvgIpc) is 3.24. The number of pyridine rings is 1. The summed E-state index contributed by atoms with van der Waals surface area (Å²) in [4.78, 5) is 16.0. The topological polar surface area (TPSA) is 65.8 Å². The Bertz CT molecular complexity index is 800. The third kappa shape index (κ3) is 2.43. The molecule has 1 saturated carbocycles. The number of nitrogens with one attached hydrogen (secondary N) is 1. The monoisotopic (exact) mass is 303 g/mol. The SMILES string of the molecule is Cc1cc2cc(NC(=O)[C@@H]3CC3C#N)ncc2c(Cl)c1F. The normalized spacial score (nSPS) is 20.1. The van der Waals surface area contributed by atoms with Crippen LogP contribution in [0.4, 0.5) is 10.2 Å². The van der Waals surface area contributed by atoms with Gasteiger partial charge in [0.1, 0.15) is 11.6 Å². The first-order valence-corrected chi connectivity index (χ1v) is 6.84. The van der Waals surface area contributed by atoms with Gasteiger partial charge in [-0.1, -0.05) is 11.6 Å². The van der Waals surface area contributed by atoms with E-state index in [1.165, 1.54) is 6.20 Å². The number of aromatic nitrogens is 1. The smallest absolute Gasteiger partial charge is 0.230 e. The number of benzene rings is 1. The largest absolute Gasteiger partial charge is 0.310 e. The molecule has 2 atom stereocenters. The second-order valence-electron chi connectivity index (χ2n) is 5.18. The molecule has 21 heavy (non-hydrogen) atoms. The predicted molar refractivity (Wildman–Crippen MR) is 77.3 cm³/mol. The maximum atomic E-state index is 13.7. The van der Waals surface area contributed by atoms with Crippen LogP contribution < -0.4 is 5.32 Å². The Kier molecular flexibility index (Phi) is 3.26. The fourth-order valence-corrected chi connectivity index (χ4v) is 2.58. The molecular formula is C15H11ClFN3O. The zero-order chi connectivity index (χ0) is 15.1. The van der Waals surface area contributed by atoms with Crippen molar-refractivity contribution < 1.29 is 9.18 Å². The van der Waals surface area contributed by atoms with Crippen LogP contribution in [0, 0.1) is 35.9 Å². The molecular weight excluding hydrogens is 293 g/mol. The number of nitriles is 1. The van der Waals surface area contributed by atoms with E-state index in [1.54, 1.807) is 19.1 Å². The van der Waals surface area contributed by atoms with Crippen molar-refractivity contribution in [1.82, 2.24) is 4.98 Å². The van der Waals surface area contributed by atoms with Crippen molar-refractivity contribution in [2.24, 2.45) is 11.8 Å². The van der Waals surface area contributed by atoms with Crippen LogP contribution in [-0.4, -0.2) is 10.9 Å². The predicted octanol–water partition coefficient (Wildman–Crippen LogP) is 3.43. The highest BCUT2D eigenvalue weighted by atomic mass is 35.5. The lowest BCUT2D eigenvalue weighted by atomic mass is 10.1. The van der Waals surface area contributed by atoms with Crippen LogP contribution in [0.3, 0.4) is 0 Å². The molecule has 106 valence electrons. The van der Waals surface area contributed by atoms with Gasteiger partial charge in [-0.25, -0.2) is 9.37 Å². The van der Waals surface area contributed by atoms with Crippen LogP contribution in [0.5, 0.6) is 0 Å². The van der Waals surface area contributed by atoms with E-state index in [4.69, 9.17) is 16.9 Å². The van der Waals surface area contributed by atoms with Gasteiger partial charge in [-0.2, -0.15) is 5.26 Å². The molecule has 0 radical (unpaired) electrons. The van der Waals surface area contributed by atoms with Gasteiger partial charge < -0.3 is 5.32 Å². The van der Waals surface area contributed by atoms with Crippen LogP contribution in [0.25, 0.3) is 10.8 Å². The second-order valence-corrected chi connectivity index (χ2v) is 5.56. The molecule has 0 aliphatic heterocycles. The van der Waals surface area contributed by atoms with Gasteiger partial charge in [0.05, 0.1) is 22.9 Å². The zero-order valence-corrected chi connectivity index (χ0v) is 11.9. The number of hydrogen-bond acceptors (Lipinski definition) is 3. The Hall–Kier alpha value is -2.19. The summed E-state index contributed by atoms with van der Waals surface area (Å²) in [5.41, 5.74) is 0.433. The second kappa shape index (κ2) is 4.97. The van der Waals surface area contributed by atoms with E-state index in [2.05, 4.69) is 16.4 Å². The maximum absolute atomic E-state index is 13.7. The molecule has 1 N–H and O–H groups in total. The van der Waals surface area contributed by atoms with Crippen molar-refractivity contribution in [1.29, 1.82) is 5.26 Å². The standard InChI is InChI=1S/C15H11ClFN3O/c1-7-2-8-4-12(19-6-11(8)13(16)14(7)17)20-15(21)10-3-9(10)5-18/h2,4,6,9-10H,3H2,1H3,(H,19,20,21)/t9?,10-/m1/s1. The van der Waals surface area contributed by atoms with Gasteiger partial charge in [-0.15, -0.1) is 0 Å². The van der Waals surface area contributed by atoms with E-state index in [0.717, 1.165) is 0 Å². The number of anilines is 1. The first-order valence-electron chi connectivity index (χ1n) is 6.46. The highest BCUT2D eigenvalue weighted by Gasteiger charge is 2.43. The molecule has 6 heteroatoms. The third-order valence-corrected chi connectivity index (χ3v) is 4.00. The molecule has 1 aromatic heterocycles. The van der Waals surface area contributed by atoms with Gasteiger partial charge in [0.25, 0.3) is 0 Å². The summed E-state index contributed by atoms with van der Waals surface area (Å²) in [7, 11) is 0. The maximum Gasteiger partial charge on any atom is 0.230 e. The summed E-state index contributed by atoms with van der Waals surface area (Å²) < 4.78 is 13.7. The molecule has 1 fully saturated rings. The average molecular weight is 304 g/mol. The number of nitrogens with zero attached hydrogens (tertiary/aromatic N) is 2. The number of rotatable bonds is 2. The highest BCUT2D eigenvalue weighted by Crippen LogP contribution is 2.38. The molecule has 1 unspecified atom stereocenters. The molecule has 0 bridgehead atoms. The fourth-order valence-electron chi connectivity index (χ4n) is 2.28. The summed E-state index contributed by atoms with van der Waals surface area (Å²) in [5, 5.41) is 12.6. The number of aryl methyl sites for hydroxylation is 1. The number of amides is 1. The summed E-state index contributed by atoms with van der Waals surface area (Å²) in [6.07, 6.45) is 2.02. The summed E-state index contributed by atoms with van der Waals surface area (Å²) in [6, 6.07) is 5.37. The Morgan fingerprint density at radius 1 is 1.57 bits per heavy atom. The Labute approximate surface area is 125 Å². The molecule has 4 nitrogen and oxygen atoms in total. The van der Waals surface area contributed by atoms with Crippen molar-refractivity contribution >= 4 is 34.1 Å². The van der Waals surface area contributed by atoms with Crippen molar-refractivity contribution in [2.45, 2.75) is 13.3 Å². The summed E-state index contributed by atoms with van der Waals surface area (Å²) in [6.45, 7) is 1.63. The van der Waals surface area contributed by atoms with Crippen molar-refractivity contribution in [3.8, 4) is 6.07 Å². The Morgan fingerprint density at radius 3 is 3.00 bits per heavy atom. The van der Waals surface area contributed by atoms with E-state index in [-0.39, 0.29) is 22.8 Å². The number of halogens is 2. The van der Waals surface area contributed by atoms with E-state index in [0.29, 0.717) is 28.6 Å². The van der Waals surface area contributed by atoms with Crippen molar-refractivity contribution in [2.75, 3.05) is 5.32 Å². The van der Waals surface area contributed by atoms with Gasteiger partial charge in [-0.3, -0.25) is 4.79 Å². The molecule has 1 aromatic carbocycles. The van der Waals surface area contributed by atoms with Gasteiger partial charge in [0, 0.05) is 11.6 Å². The number of carbonyl (C=O) groups excluding carboxylic acids is 1. The van der Waals surface area contributed by atoms with Gasteiger partial charge in [0.15, 0.2) is 0 Å². The van der Waals surface area contributed by atoms with Crippen molar-refractivity contribution in [3.05, 3.63) is 34.7 Å². The van der Waals surface area contributed by atoms with Crippen LogP contribution in [0.1, 0.15) is 12.0 Å². The lowest BCUT2D eigenvalue weighted by Gasteiger charge is -2.08. The number of fused-ring (bicyclic) bond motifs is 1. The quantitative estimate of drug-likeness (QED) is 0.924. The van der Waals surface area contributed by atoms with Gasteiger partial charge in [0.2, 0.25) is 5.91 Å². The Balaban J connectivity index is 1.90. The van der Waals surface area contributed by atoms with E-state index in [9.17, 15) is 9.18 Å². The van der Waals surface area contributed by atoms with E-state index in [1.807, 2.05) is 0 Å². The Morgan fingerprint density at radius 2 is 2.33 bits per heavy atom. The molecule has 1 aliphatic carbocycles. The minimum atomic E-state index is -0.461. The fraction of sp³-hybridized carbons (Fsp3) is 0.267. The zero-order valence-electron chi connectivity index (χ0n) is 11.2. The van der Waals surface area contributed by atoms with E-state index < -0.39 is 5.82 Å². The van der Waals surface area contributed by atoms with Crippen LogP contribution in [0.2, 0.25) is 5.02 Å². The molecule has 1 amide bonds. The molecule has 1 heterocycles. The molecule has 0 spiro atoms. The first-order chi connectivity index (χ1) is 10.0. The lowest BCUT2D eigenvalue weighted by Crippen LogP contribution is -2.15. The molecule has 0 saturated heterocycles. The minimum Gasteiger partial charge on any atom is -0.310 e. The minimum absolute atomic E-state index is 0.0297. The van der Waals surface area contributed by atoms with E-state index >= 15 is 0 Å². The van der Waals surface area contributed by atoms with Gasteiger partial charge >= 0.3 is 0 Å². The molecule has 2 aromatic rings. The van der Waals surface area contributed by atoms with Crippen LogP contribution in [-0.2, 0) is 4.79 Å². The number of hydrogen-bond donors (Lipinski definition) is 1. The molecule has 3 rings (SSSR count). The first kappa shape index (κ1) is 13.8. The van der Waals surface area contributed by atoms with Crippen LogP contribution in [0.15, 0.2) is 18.3 Å². The molecule has 1 aliphatic rings. The van der Waals surface area contributed by atoms with Crippen LogP contribution >= 0.6 is 11.6 Å². The third-order valence-electron chi connectivity index (χ3n) is 3.63. The number of carbonyl (C=O) groups is 1. The highest BCUT2D eigenvalue weighted by molar-refractivity contribution is 6.35. The summed E-state index contributed by atoms with van der Waals surface area (Å²) in [5.74, 6) is -0.753. The van der Waals surface area contributed by atoms with Gasteiger partial charge in [-0.05, 0) is 36.4 Å². The summed E-state index contributed by atoms with van der Waals surface area (Å²) >= 11 is 5.95. The lowest BCUT2D eigenvalue weighted by molar-refractivity contribution is -0.117. The van der Waals surface area contributed by atoms with Crippen molar-refractivity contribution in [3.63, 3.8) is 0 Å².